The number of nitrogens with zero attached hydrogens (tertiary/aromatic N) is 1. The number of nitrogens with two attached hydrogens (primary N) is 1. The van der Waals surface area contributed by atoms with Crippen molar-refractivity contribution in [3.63, 3.8) is 0 Å². The van der Waals surface area contributed by atoms with Crippen LogP contribution in [0.5, 0.6) is 0 Å². The Morgan fingerprint density at radius 1 is 1.44 bits per heavy atom. The molecule has 1 saturated heterocycles. The van der Waals surface area contributed by atoms with Gasteiger partial charge in [-0.3, -0.25) is 4.90 Å². The summed E-state index contributed by atoms with van der Waals surface area (Å²) in [5, 5.41) is 0. The molecule has 1 aliphatic heterocycles. The van der Waals surface area contributed by atoms with E-state index < -0.39 is 0 Å². The minimum Gasteiger partial charge on any atom is -0.378 e. The van der Waals surface area contributed by atoms with Crippen LogP contribution in [0.4, 0.5) is 4.39 Å². The molecule has 0 saturated carbocycles. The van der Waals surface area contributed by atoms with Gasteiger partial charge < -0.3 is 10.5 Å². The molecule has 0 atom stereocenters. The molecule has 0 aliphatic carbocycles. The second-order valence-electron chi connectivity index (χ2n) is 5.42. The number of rotatable bonds is 3. The normalized spacial score (nSPS) is 20.0. The zero-order valence-electron chi connectivity index (χ0n) is 11.1. The van der Waals surface area contributed by atoms with Crippen LogP contribution in [0.1, 0.15) is 25.0 Å². The van der Waals surface area contributed by atoms with Gasteiger partial charge in [0.2, 0.25) is 0 Å². The van der Waals surface area contributed by atoms with Gasteiger partial charge in [0.25, 0.3) is 0 Å². The summed E-state index contributed by atoms with van der Waals surface area (Å²) in [6.07, 6.45) is 0. The smallest absolute Gasteiger partial charge is 0.128 e. The van der Waals surface area contributed by atoms with Crippen LogP contribution in [0.3, 0.4) is 0 Å². The molecule has 0 radical (unpaired) electrons. The molecule has 0 aromatic heterocycles. The maximum atomic E-state index is 13.9. The van der Waals surface area contributed by atoms with Gasteiger partial charge in [0.05, 0.1) is 13.2 Å². The second kappa shape index (κ2) is 5.34. The highest BCUT2D eigenvalue weighted by Gasteiger charge is 2.30. The largest absolute Gasteiger partial charge is 0.378 e. The van der Waals surface area contributed by atoms with E-state index in [1.807, 2.05) is 12.1 Å². The summed E-state index contributed by atoms with van der Waals surface area (Å²) in [5.41, 5.74) is 7.01. The van der Waals surface area contributed by atoms with E-state index >= 15 is 0 Å². The third kappa shape index (κ3) is 2.88. The number of benzene rings is 1. The van der Waals surface area contributed by atoms with E-state index in [0.29, 0.717) is 26.3 Å². The standard InChI is InChI=1S/C14H21FN2O/c1-14(2)10-18-6-5-17(14)9-12-4-3-11(8-16)7-13(12)15/h3-4,7H,5-6,8-10,16H2,1-2H3. The first kappa shape index (κ1) is 13.5. The minimum absolute atomic E-state index is 0.0444. The van der Waals surface area contributed by atoms with E-state index in [2.05, 4.69) is 18.7 Å². The van der Waals surface area contributed by atoms with E-state index in [1.54, 1.807) is 0 Å². The molecule has 1 fully saturated rings. The summed E-state index contributed by atoms with van der Waals surface area (Å²) in [5.74, 6) is -0.166. The Labute approximate surface area is 108 Å². The van der Waals surface area contributed by atoms with Crippen LogP contribution in [0.15, 0.2) is 18.2 Å². The van der Waals surface area contributed by atoms with Gasteiger partial charge in [0, 0.05) is 30.7 Å². The third-order valence-electron chi connectivity index (χ3n) is 3.53. The van der Waals surface area contributed by atoms with Crippen LogP contribution < -0.4 is 5.73 Å². The maximum Gasteiger partial charge on any atom is 0.128 e. The molecule has 3 nitrogen and oxygen atoms in total. The Kier molecular flexibility index (Phi) is 4.00. The van der Waals surface area contributed by atoms with Crippen molar-refractivity contribution in [1.29, 1.82) is 0 Å². The quantitative estimate of drug-likeness (QED) is 0.893. The topological polar surface area (TPSA) is 38.5 Å². The molecule has 1 aliphatic rings. The van der Waals surface area contributed by atoms with E-state index in [1.165, 1.54) is 6.07 Å². The first-order valence-corrected chi connectivity index (χ1v) is 6.33. The van der Waals surface area contributed by atoms with Gasteiger partial charge in [0.1, 0.15) is 5.82 Å². The monoisotopic (exact) mass is 252 g/mol. The Balaban J connectivity index is 2.13. The summed E-state index contributed by atoms with van der Waals surface area (Å²) in [7, 11) is 0. The van der Waals surface area contributed by atoms with E-state index in [0.717, 1.165) is 17.7 Å². The van der Waals surface area contributed by atoms with Crippen LogP contribution in [0, 0.1) is 5.82 Å². The van der Waals surface area contributed by atoms with E-state index in [9.17, 15) is 4.39 Å². The van der Waals surface area contributed by atoms with Gasteiger partial charge in [0.15, 0.2) is 0 Å². The Bertz CT molecular complexity index is 420. The molecule has 0 spiro atoms. The van der Waals surface area contributed by atoms with Crippen LogP contribution in [0.25, 0.3) is 0 Å². The van der Waals surface area contributed by atoms with E-state index in [4.69, 9.17) is 10.5 Å². The SMILES string of the molecule is CC1(C)COCCN1Cc1ccc(CN)cc1F. The lowest BCUT2D eigenvalue weighted by Gasteiger charge is -2.42. The molecule has 2 N–H and O–H groups in total. The lowest BCUT2D eigenvalue weighted by molar-refractivity contribution is -0.0556. The van der Waals surface area contributed by atoms with Crippen molar-refractivity contribution in [3.05, 3.63) is 35.1 Å². The summed E-state index contributed by atoms with van der Waals surface area (Å²) in [6.45, 7) is 7.48. The van der Waals surface area contributed by atoms with Gasteiger partial charge >= 0.3 is 0 Å². The van der Waals surface area contributed by atoms with Crippen LogP contribution in [-0.2, 0) is 17.8 Å². The molecule has 4 heteroatoms. The number of morpholine rings is 1. The van der Waals surface area contributed by atoms with Gasteiger partial charge in [-0.1, -0.05) is 12.1 Å². The summed E-state index contributed by atoms with van der Waals surface area (Å²) in [4.78, 5) is 2.26. The number of hydrogen-bond acceptors (Lipinski definition) is 3. The van der Waals surface area contributed by atoms with E-state index in [-0.39, 0.29) is 11.4 Å². The molecule has 0 bridgehead atoms. The molecular formula is C14H21FN2O. The molecular weight excluding hydrogens is 231 g/mol. The molecule has 0 amide bonds. The van der Waals surface area contributed by atoms with Gasteiger partial charge in [-0.2, -0.15) is 0 Å². The highest BCUT2D eigenvalue weighted by molar-refractivity contribution is 5.24. The van der Waals surface area contributed by atoms with Crippen molar-refractivity contribution in [2.45, 2.75) is 32.5 Å². The molecule has 100 valence electrons. The van der Waals surface area contributed by atoms with Gasteiger partial charge in [-0.05, 0) is 25.5 Å². The van der Waals surface area contributed by atoms with Crippen LogP contribution >= 0.6 is 0 Å². The van der Waals surface area contributed by atoms with Crippen molar-refractivity contribution >= 4 is 0 Å². The number of ether oxygens (including phenoxy) is 1. The maximum absolute atomic E-state index is 13.9. The van der Waals surface area contributed by atoms with Gasteiger partial charge in [-0.15, -0.1) is 0 Å². The lowest BCUT2D eigenvalue weighted by atomic mass is 10.0. The average molecular weight is 252 g/mol. The fraction of sp³-hybridized carbons (Fsp3) is 0.571. The highest BCUT2D eigenvalue weighted by Crippen LogP contribution is 2.23. The fourth-order valence-corrected chi connectivity index (χ4v) is 2.24. The number of hydrogen-bond donors (Lipinski definition) is 1. The third-order valence-corrected chi connectivity index (χ3v) is 3.53. The predicted molar refractivity (Wildman–Crippen MR) is 69.6 cm³/mol. The molecule has 1 aromatic rings. The minimum atomic E-state index is -0.166. The Hall–Kier alpha value is -0.970. The summed E-state index contributed by atoms with van der Waals surface area (Å²) >= 11 is 0. The molecule has 0 unspecified atom stereocenters. The first-order valence-electron chi connectivity index (χ1n) is 6.33. The van der Waals surface area contributed by atoms with Gasteiger partial charge in [-0.25, -0.2) is 4.39 Å². The predicted octanol–water partition coefficient (Wildman–Crippen LogP) is 1.90. The van der Waals surface area contributed by atoms with Crippen molar-refractivity contribution in [3.8, 4) is 0 Å². The molecule has 18 heavy (non-hydrogen) atoms. The van der Waals surface area contributed by atoms with Crippen molar-refractivity contribution < 1.29 is 9.13 Å². The van der Waals surface area contributed by atoms with Crippen LogP contribution in [-0.4, -0.2) is 30.2 Å². The summed E-state index contributed by atoms with van der Waals surface area (Å²) in [6, 6.07) is 5.26. The van der Waals surface area contributed by atoms with Crippen molar-refractivity contribution in [2.24, 2.45) is 5.73 Å². The second-order valence-corrected chi connectivity index (χ2v) is 5.42. The Morgan fingerprint density at radius 3 is 2.83 bits per heavy atom. The first-order chi connectivity index (χ1) is 8.53. The molecule has 1 aromatic carbocycles. The zero-order valence-corrected chi connectivity index (χ0v) is 11.1. The Morgan fingerprint density at radius 2 is 2.22 bits per heavy atom. The fourth-order valence-electron chi connectivity index (χ4n) is 2.24. The average Bonchev–Trinajstić information content (AvgIpc) is 2.33. The molecule has 2 rings (SSSR count). The van der Waals surface area contributed by atoms with Crippen molar-refractivity contribution in [1.82, 2.24) is 4.90 Å². The van der Waals surface area contributed by atoms with Crippen molar-refractivity contribution in [2.75, 3.05) is 19.8 Å². The highest BCUT2D eigenvalue weighted by atomic mass is 19.1. The summed E-state index contributed by atoms with van der Waals surface area (Å²) < 4.78 is 19.4. The molecule has 1 heterocycles. The zero-order chi connectivity index (χ0) is 13.2. The van der Waals surface area contributed by atoms with Crippen LogP contribution in [0.2, 0.25) is 0 Å². The number of halogens is 1. The lowest BCUT2D eigenvalue weighted by Crippen LogP contribution is -2.52.